The van der Waals surface area contributed by atoms with Crippen LogP contribution in [0.15, 0.2) is 82.4 Å². The molecule has 3 aromatic carbocycles. The van der Waals surface area contributed by atoms with Gasteiger partial charge in [0.15, 0.2) is 0 Å². The topological polar surface area (TPSA) is 44.7 Å². The molecule has 2 amide bonds. The Balaban J connectivity index is 1.73. The van der Waals surface area contributed by atoms with E-state index in [0.717, 1.165) is 15.6 Å². The summed E-state index contributed by atoms with van der Waals surface area (Å²) in [5.74, 6) is 0. The SMILES string of the molecule is O=C(Nc1ccc(Cl)cc1)N(CCc1ccc(Br)cc1)/N=C/c1ccc(Cl)cc1. The average molecular weight is 491 g/mol. The number of rotatable bonds is 6. The Morgan fingerprint density at radius 3 is 2.14 bits per heavy atom. The normalized spacial score (nSPS) is 10.9. The molecule has 0 bridgehead atoms. The van der Waals surface area contributed by atoms with Gasteiger partial charge in [0.1, 0.15) is 0 Å². The van der Waals surface area contributed by atoms with Gasteiger partial charge < -0.3 is 5.32 Å². The van der Waals surface area contributed by atoms with Gasteiger partial charge in [0.05, 0.1) is 12.8 Å². The van der Waals surface area contributed by atoms with E-state index in [0.29, 0.717) is 28.7 Å². The second-order valence-electron chi connectivity index (χ2n) is 6.23. The lowest BCUT2D eigenvalue weighted by atomic mass is 10.1. The number of nitrogens with one attached hydrogen (secondary N) is 1. The maximum Gasteiger partial charge on any atom is 0.342 e. The summed E-state index contributed by atoms with van der Waals surface area (Å²) >= 11 is 15.3. The molecule has 0 saturated carbocycles. The van der Waals surface area contributed by atoms with Crippen molar-refractivity contribution in [1.82, 2.24) is 5.01 Å². The first-order valence-corrected chi connectivity index (χ1v) is 10.4. The van der Waals surface area contributed by atoms with E-state index in [-0.39, 0.29) is 6.03 Å². The van der Waals surface area contributed by atoms with Gasteiger partial charge in [-0.2, -0.15) is 5.10 Å². The second-order valence-corrected chi connectivity index (χ2v) is 8.02. The fourth-order valence-electron chi connectivity index (χ4n) is 2.50. The Labute approximate surface area is 188 Å². The molecule has 0 heterocycles. The molecule has 0 aliphatic rings. The monoisotopic (exact) mass is 489 g/mol. The molecule has 0 aliphatic carbocycles. The van der Waals surface area contributed by atoms with Crippen LogP contribution in [0.3, 0.4) is 0 Å². The number of nitrogens with zero attached hydrogens (tertiary/aromatic N) is 2. The molecule has 0 atom stereocenters. The van der Waals surface area contributed by atoms with Crippen molar-refractivity contribution in [3.05, 3.63) is 98.4 Å². The van der Waals surface area contributed by atoms with Crippen LogP contribution in [0.1, 0.15) is 11.1 Å². The van der Waals surface area contributed by atoms with E-state index in [2.05, 4.69) is 26.3 Å². The lowest BCUT2D eigenvalue weighted by molar-refractivity contribution is 0.215. The summed E-state index contributed by atoms with van der Waals surface area (Å²) in [6.45, 7) is 0.422. The molecule has 0 aromatic heterocycles. The van der Waals surface area contributed by atoms with Crippen LogP contribution < -0.4 is 5.32 Å². The van der Waals surface area contributed by atoms with Crippen molar-refractivity contribution in [2.45, 2.75) is 6.42 Å². The third-order valence-corrected chi connectivity index (χ3v) is 5.10. The van der Waals surface area contributed by atoms with E-state index in [1.165, 1.54) is 5.01 Å². The lowest BCUT2D eigenvalue weighted by Crippen LogP contribution is -2.32. The number of halogens is 3. The van der Waals surface area contributed by atoms with Crippen LogP contribution in [-0.4, -0.2) is 23.8 Å². The number of hydrazone groups is 1. The summed E-state index contributed by atoms with van der Waals surface area (Å²) in [4.78, 5) is 12.8. The molecule has 0 unspecified atom stereocenters. The summed E-state index contributed by atoms with van der Waals surface area (Å²) in [6, 6.07) is 21.8. The Bertz CT molecular complexity index is 974. The van der Waals surface area contributed by atoms with Crippen LogP contribution >= 0.6 is 39.1 Å². The molecule has 0 saturated heterocycles. The third kappa shape index (κ3) is 6.89. The van der Waals surface area contributed by atoms with Crippen LogP contribution in [0.5, 0.6) is 0 Å². The van der Waals surface area contributed by atoms with E-state index in [1.807, 2.05) is 36.4 Å². The summed E-state index contributed by atoms with van der Waals surface area (Å²) < 4.78 is 1.01. The fourth-order valence-corrected chi connectivity index (χ4v) is 3.02. The zero-order valence-corrected chi connectivity index (χ0v) is 18.5. The highest BCUT2D eigenvalue weighted by Gasteiger charge is 2.13. The largest absolute Gasteiger partial charge is 0.342 e. The van der Waals surface area contributed by atoms with Crippen molar-refractivity contribution in [1.29, 1.82) is 0 Å². The number of carbonyl (C=O) groups excluding carboxylic acids is 1. The van der Waals surface area contributed by atoms with Gasteiger partial charge >= 0.3 is 6.03 Å². The Morgan fingerprint density at radius 2 is 1.52 bits per heavy atom. The first-order chi connectivity index (χ1) is 14.0. The molecule has 3 aromatic rings. The molecule has 0 aliphatic heterocycles. The Kier molecular flexibility index (Phi) is 7.69. The van der Waals surface area contributed by atoms with Gasteiger partial charge in [0, 0.05) is 20.2 Å². The number of urea groups is 1. The van der Waals surface area contributed by atoms with Crippen molar-refractivity contribution in [3.8, 4) is 0 Å². The molecule has 148 valence electrons. The van der Waals surface area contributed by atoms with Crippen molar-refractivity contribution in [2.75, 3.05) is 11.9 Å². The van der Waals surface area contributed by atoms with Crippen molar-refractivity contribution in [2.24, 2.45) is 5.10 Å². The molecule has 3 rings (SSSR count). The minimum absolute atomic E-state index is 0.324. The Hall–Kier alpha value is -2.34. The molecule has 0 radical (unpaired) electrons. The summed E-state index contributed by atoms with van der Waals surface area (Å²) in [6.07, 6.45) is 2.30. The zero-order valence-electron chi connectivity index (χ0n) is 15.4. The van der Waals surface area contributed by atoms with Gasteiger partial charge in [-0.15, -0.1) is 0 Å². The summed E-state index contributed by atoms with van der Waals surface area (Å²) in [7, 11) is 0. The highest BCUT2D eigenvalue weighted by Crippen LogP contribution is 2.15. The maximum absolute atomic E-state index is 12.8. The van der Waals surface area contributed by atoms with E-state index < -0.39 is 0 Å². The van der Waals surface area contributed by atoms with Crippen LogP contribution in [0, 0.1) is 0 Å². The molecule has 1 N–H and O–H groups in total. The van der Waals surface area contributed by atoms with Crippen LogP contribution in [0.2, 0.25) is 10.0 Å². The number of benzene rings is 3. The van der Waals surface area contributed by atoms with Gasteiger partial charge in [0.25, 0.3) is 0 Å². The van der Waals surface area contributed by atoms with E-state index in [4.69, 9.17) is 23.2 Å². The van der Waals surface area contributed by atoms with Gasteiger partial charge in [-0.1, -0.05) is 63.4 Å². The second kappa shape index (κ2) is 10.4. The number of amides is 2. The summed E-state index contributed by atoms with van der Waals surface area (Å²) in [5.41, 5.74) is 2.61. The first kappa shape index (κ1) is 21.4. The Morgan fingerprint density at radius 1 is 0.931 bits per heavy atom. The van der Waals surface area contributed by atoms with Crippen molar-refractivity contribution >= 4 is 57.1 Å². The predicted octanol–water partition coefficient (Wildman–Crippen LogP) is 6.87. The predicted molar refractivity (Wildman–Crippen MR) is 124 cm³/mol. The third-order valence-electron chi connectivity index (χ3n) is 4.07. The van der Waals surface area contributed by atoms with Crippen molar-refractivity contribution in [3.63, 3.8) is 0 Å². The molecule has 0 spiro atoms. The number of hydrogen-bond donors (Lipinski definition) is 1. The quantitative estimate of drug-likeness (QED) is 0.297. The van der Waals surface area contributed by atoms with Gasteiger partial charge in [-0.05, 0) is 66.1 Å². The van der Waals surface area contributed by atoms with Crippen LogP contribution in [0.25, 0.3) is 0 Å². The molecule has 7 heteroatoms. The number of carbonyl (C=O) groups is 1. The average Bonchev–Trinajstić information content (AvgIpc) is 2.72. The van der Waals surface area contributed by atoms with Crippen LogP contribution in [-0.2, 0) is 6.42 Å². The van der Waals surface area contributed by atoms with E-state index in [9.17, 15) is 4.79 Å². The van der Waals surface area contributed by atoms with E-state index >= 15 is 0 Å². The molecule has 4 nitrogen and oxygen atoms in total. The van der Waals surface area contributed by atoms with Gasteiger partial charge in [0.2, 0.25) is 0 Å². The van der Waals surface area contributed by atoms with Gasteiger partial charge in [-0.3, -0.25) is 0 Å². The fraction of sp³-hybridized carbons (Fsp3) is 0.0909. The standard InChI is InChI=1S/C22H18BrCl2N3O/c23-18-5-1-16(2-6-18)13-14-28(26-15-17-3-7-19(24)8-4-17)22(29)27-21-11-9-20(25)10-12-21/h1-12,15H,13-14H2,(H,27,29)/b26-15+. The molecular weight excluding hydrogens is 473 g/mol. The molecular formula is C22H18BrCl2N3O. The lowest BCUT2D eigenvalue weighted by Gasteiger charge is -2.18. The minimum Gasteiger partial charge on any atom is -0.306 e. The van der Waals surface area contributed by atoms with Crippen molar-refractivity contribution < 1.29 is 4.79 Å². The van der Waals surface area contributed by atoms with E-state index in [1.54, 1.807) is 42.6 Å². The summed E-state index contributed by atoms with van der Waals surface area (Å²) in [5, 5.41) is 9.90. The smallest absolute Gasteiger partial charge is 0.306 e. The molecule has 29 heavy (non-hydrogen) atoms. The highest BCUT2D eigenvalue weighted by atomic mass is 79.9. The highest BCUT2D eigenvalue weighted by molar-refractivity contribution is 9.10. The minimum atomic E-state index is -0.324. The van der Waals surface area contributed by atoms with Crippen LogP contribution in [0.4, 0.5) is 10.5 Å². The maximum atomic E-state index is 12.8. The molecule has 0 fully saturated rings. The number of anilines is 1. The number of hydrogen-bond acceptors (Lipinski definition) is 2. The van der Waals surface area contributed by atoms with Gasteiger partial charge in [-0.25, -0.2) is 9.80 Å². The first-order valence-electron chi connectivity index (χ1n) is 8.88. The zero-order chi connectivity index (χ0) is 20.6.